The molecule has 0 amide bonds. The van der Waals surface area contributed by atoms with E-state index in [4.69, 9.17) is 14.6 Å². The van der Waals surface area contributed by atoms with Gasteiger partial charge in [-0.3, -0.25) is 0 Å². The average Bonchev–Trinajstić information content (AvgIpc) is 2.44. The third kappa shape index (κ3) is 7.45. The predicted octanol–water partition coefficient (Wildman–Crippen LogP) is 0.933. The second-order valence-electron chi connectivity index (χ2n) is 4.95. The summed E-state index contributed by atoms with van der Waals surface area (Å²) < 4.78 is 10.7. The van der Waals surface area contributed by atoms with Gasteiger partial charge in [0.1, 0.15) is 18.5 Å². The van der Waals surface area contributed by atoms with Crippen molar-refractivity contribution < 1.29 is 19.7 Å². The van der Waals surface area contributed by atoms with Crippen molar-refractivity contribution in [3.8, 4) is 5.75 Å². The number of aliphatic hydroxyl groups is 2. The fraction of sp³-hybridized carbons (Fsp3) is 0.600. The quantitative estimate of drug-likeness (QED) is 0.557. The van der Waals surface area contributed by atoms with Crippen LogP contribution in [0.15, 0.2) is 24.3 Å². The minimum absolute atomic E-state index is 0.0312. The van der Waals surface area contributed by atoms with Crippen LogP contribution in [0.5, 0.6) is 5.75 Å². The second kappa shape index (κ2) is 9.72. The van der Waals surface area contributed by atoms with E-state index in [1.54, 1.807) is 0 Å². The van der Waals surface area contributed by atoms with Gasteiger partial charge in [0.15, 0.2) is 0 Å². The van der Waals surface area contributed by atoms with Crippen LogP contribution in [-0.4, -0.2) is 48.7 Å². The summed E-state index contributed by atoms with van der Waals surface area (Å²) in [5.41, 5.74) is 1.02. The van der Waals surface area contributed by atoms with E-state index >= 15 is 0 Å². The third-order valence-corrected chi connectivity index (χ3v) is 2.63. The Hall–Kier alpha value is -1.14. The molecule has 3 N–H and O–H groups in total. The first kappa shape index (κ1) is 16.9. The highest BCUT2D eigenvalue weighted by molar-refractivity contribution is 5.26. The predicted molar refractivity (Wildman–Crippen MR) is 77.8 cm³/mol. The van der Waals surface area contributed by atoms with Crippen molar-refractivity contribution in [3.05, 3.63) is 29.8 Å². The van der Waals surface area contributed by atoms with Gasteiger partial charge < -0.3 is 25.0 Å². The molecule has 114 valence electrons. The molecule has 0 aliphatic heterocycles. The molecule has 5 nitrogen and oxygen atoms in total. The first-order valence-corrected chi connectivity index (χ1v) is 6.93. The van der Waals surface area contributed by atoms with Gasteiger partial charge in [0.05, 0.1) is 19.8 Å². The smallest absolute Gasteiger partial charge is 0.119 e. The van der Waals surface area contributed by atoms with Gasteiger partial charge in [-0.25, -0.2) is 0 Å². The Morgan fingerprint density at radius 1 is 1.20 bits per heavy atom. The molecular formula is C15H25NO4. The molecule has 1 atom stereocenters. The molecule has 0 heterocycles. The zero-order valence-corrected chi connectivity index (χ0v) is 12.2. The molecule has 0 aliphatic carbocycles. The molecule has 1 aromatic carbocycles. The molecule has 1 rings (SSSR count). The van der Waals surface area contributed by atoms with Gasteiger partial charge >= 0.3 is 0 Å². The summed E-state index contributed by atoms with van der Waals surface area (Å²) >= 11 is 0. The van der Waals surface area contributed by atoms with Crippen molar-refractivity contribution in [1.82, 2.24) is 5.32 Å². The van der Waals surface area contributed by atoms with Gasteiger partial charge in [-0.2, -0.15) is 0 Å². The largest absolute Gasteiger partial charge is 0.491 e. The van der Waals surface area contributed by atoms with Crippen LogP contribution in [-0.2, 0) is 11.3 Å². The van der Waals surface area contributed by atoms with Crippen molar-refractivity contribution in [2.75, 3.05) is 26.4 Å². The Morgan fingerprint density at radius 2 is 1.90 bits per heavy atom. The first-order chi connectivity index (χ1) is 9.61. The number of rotatable bonds is 10. The summed E-state index contributed by atoms with van der Waals surface area (Å²) in [7, 11) is 0. The molecule has 0 aromatic heterocycles. The molecule has 0 bridgehead atoms. The summed E-state index contributed by atoms with van der Waals surface area (Å²) in [5, 5.41) is 21.5. The Labute approximate surface area is 120 Å². The molecular weight excluding hydrogens is 258 g/mol. The minimum atomic E-state index is -0.523. The summed E-state index contributed by atoms with van der Waals surface area (Å²) in [6.07, 6.45) is -0.523. The van der Waals surface area contributed by atoms with Gasteiger partial charge in [0.2, 0.25) is 0 Å². The number of nitrogens with one attached hydrogen (secondary N) is 1. The molecule has 0 fully saturated rings. The zero-order valence-electron chi connectivity index (χ0n) is 12.2. The lowest BCUT2D eigenvalue weighted by molar-refractivity contribution is 0.0814. The van der Waals surface area contributed by atoms with Crippen LogP contribution in [0.4, 0.5) is 0 Å². The lowest BCUT2D eigenvalue weighted by Crippen LogP contribution is -2.35. The Bertz CT molecular complexity index is 353. The highest BCUT2D eigenvalue weighted by Gasteiger charge is 2.06. The number of aliphatic hydroxyl groups excluding tert-OH is 2. The van der Waals surface area contributed by atoms with Crippen molar-refractivity contribution in [2.24, 2.45) is 0 Å². The van der Waals surface area contributed by atoms with Gasteiger partial charge in [0.25, 0.3) is 0 Å². The maximum Gasteiger partial charge on any atom is 0.119 e. The van der Waals surface area contributed by atoms with Gasteiger partial charge in [-0.15, -0.1) is 0 Å². The molecule has 20 heavy (non-hydrogen) atoms. The standard InChI is InChI=1S/C15H25NO4/c1-12(2)16-9-14(18)11-20-15-5-3-13(4-6-15)10-19-8-7-17/h3-6,12,14,16-18H,7-11H2,1-2H3. The third-order valence-electron chi connectivity index (χ3n) is 2.63. The minimum Gasteiger partial charge on any atom is -0.491 e. The average molecular weight is 283 g/mol. The van der Waals surface area contributed by atoms with Crippen LogP contribution in [0.2, 0.25) is 0 Å². The molecule has 0 aliphatic rings. The number of benzene rings is 1. The van der Waals surface area contributed by atoms with Crippen molar-refractivity contribution in [3.63, 3.8) is 0 Å². The van der Waals surface area contributed by atoms with Gasteiger partial charge in [0, 0.05) is 12.6 Å². The molecule has 0 saturated heterocycles. The molecule has 1 aromatic rings. The summed E-state index contributed by atoms with van der Waals surface area (Å²) in [6, 6.07) is 7.86. The SMILES string of the molecule is CC(C)NCC(O)COc1ccc(COCCO)cc1. The first-order valence-electron chi connectivity index (χ1n) is 6.93. The lowest BCUT2D eigenvalue weighted by Gasteiger charge is -2.15. The number of ether oxygens (including phenoxy) is 2. The van der Waals surface area contributed by atoms with E-state index in [2.05, 4.69) is 5.32 Å². The molecule has 0 spiro atoms. The van der Waals surface area contributed by atoms with Gasteiger partial charge in [-0.05, 0) is 17.7 Å². The summed E-state index contributed by atoms with van der Waals surface area (Å²) in [4.78, 5) is 0. The topological polar surface area (TPSA) is 71.0 Å². The van der Waals surface area contributed by atoms with Crippen LogP contribution >= 0.6 is 0 Å². The van der Waals surface area contributed by atoms with E-state index in [1.165, 1.54) is 0 Å². The van der Waals surface area contributed by atoms with E-state index in [0.29, 0.717) is 25.8 Å². The van der Waals surface area contributed by atoms with E-state index < -0.39 is 6.10 Å². The Balaban J connectivity index is 2.27. The van der Waals surface area contributed by atoms with Crippen LogP contribution in [0.1, 0.15) is 19.4 Å². The Kier molecular flexibility index (Phi) is 8.22. The van der Waals surface area contributed by atoms with Crippen LogP contribution in [0, 0.1) is 0 Å². The maximum atomic E-state index is 9.73. The van der Waals surface area contributed by atoms with E-state index in [0.717, 1.165) is 11.3 Å². The van der Waals surface area contributed by atoms with E-state index in [1.807, 2.05) is 38.1 Å². The Morgan fingerprint density at radius 3 is 2.50 bits per heavy atom. The van der Waals surface area contributed by atoms with Crippen molar-refractivity contribution in [1.29, 1.82) is 0 Å². The maximum absolute atomic E-state index is 9.73. The van der Waals surface area contributed by atoms with Crippen LogP contribution in [0.25, 0.3) is 0 Å². The molecule has 0 radical (unpaired) electrons. The van der Waals surface area contributed by atoms with E-state index in [-0.39, 0.29) is 13.2 Å². The van der Waals surface area contributed by atoms with Crippen LogP contribution < -0.4 is 10.1 Å². The van der Waals surface area contributed by atoms with Gasteiger partial charge in [-0.1, -0.05) is 26.0 Å². The highest BCUT2D eigenvalue weighted by atomic mass is 16.5. The number of hydrogen-bond donors (Lipinski definition) is 3. The van der Waals surface area contributed by atoms with Crippen molar-refractivity contribution in [2.45, 2.75) is 32.6 Å². The molecule has 1 unspecified atom stereocenters. The second-order valence-corrected chi connectivity index (χ2v) is 4.95. The monoisotopic (exact) mass is 283 g/mol. The zero-order chi connectivity index (χ0) is 14.8. The molecule has 0 saturated carbocycles. The normalized spacial score (nSPS) is 12.7. The summed E-state index contributed by atoms with van der Waals surface area (Å²) in [5.74, 6) is 0.722. The summed E-state index contributed by atoms with van der Waals surface area (Å²) in [6.45, 7) is 5.69. The molecule has 5 heteroatoms. The highest BCUT2D eigenvalue weighted by Crippen LogP contribution is 2.13. The van der Waals surface area contributed by atoms with Crippen LogP contribution in [0.3, 0.4) is 0 Å². The van der Waals surface area contributed by atoms with Crippen molar-refractivity contribution >= 4 is 0 Å². The fourth-order valence-corrected chi connectivity index (χ4v) is 1.56. The number of hydrogen-bond acceptors (Lipinski definition) is 5. The lowest BCUT2D eigenvalue weighted by atomic mass is 10.2. The fourth-order valence-electron chi connectivity index (χ4n) is 1.56. The van der Waals surface area contributed by atoms with E-state index in [9.17, 15) is 5.11 Å².